The van der Waals surface area contributed by atoms with Gasteiger partial charge in [-0.05, 0) is 66.4 Å². The molecule has 0 aliphatic carbocycles. The lowest BCUT2D eigenvalue weighted by molar-refractivity contribution is -0.138. The molecule has 11 heteroatoms. The zero-order chi connectivity index (χ0) is 29.7. The lowest BCUT2D eigenvalue weighted by Gasteiger charge is -2.16. The molecule has 0 spiro atoms. The molecule has 5 rings (SSSR count). The fraction of sp³-hybridized carbons (Fsp3) is 0.194. The highest BCUT2D eigenvalue weighted by Crippen LogP contribution is 2.37. The standard InChI is InChI=1S/C31H24F6N4O/c32-30(33,34)23-11-13-26(21(16-23)8-5-15-42-18-20-6-2-1-3-7-20)41-29-24-12-10-22(17-27(24)39-19-40-29)28-25(31(35,36)37)9-4-14-38-28/h1-4,6-7,9-14,16-17,19H,5,8,15,18H2,(H,39,40,41). The summed E-state index contributed by atoms with van der Waals surface area (Å²) in [4.78, 5) is 12.4. The van der Waals surface area contributed by atoms with Gasteiger partial charge in [-0.25, -0.2) is 9.97 Å². The van der Waals surface area contributed by atoms with Gasteiger partial charge in [0.2, 0.25) is 0 Å². The van der Waals surface area contributed by atoms with Crippen molar-refractivity contribution < 1.29 is 31.1 Å². The van der Waals surface area contributed by atoms with Crippen molar-refractivity contribution in [3.63, 3.8) is 0 Å². The lowest BCUT2D eigenvalue weighted by Crippen LogP contribution is -2.08. The van der Waals surface area contributed by atoms with Crippen molar-refractivity contribution in [1.82, 2.24) is 15.0 Å². The first-order valence-corrected chi connectivity index (χ1v) is 13.0. The summed E-state index contributed by atoms with van der Waals surface area (Å²) in [5.41, 5.74) is 0.492. The average molecular weight is 583 g/mol. The average Bonchev–Trinajstić information content (AvgIpc) is 2.97. The van der Waals surface area contributed by atoms with Gasteiger partial charge in [0.1, 0.15) is 12.1 Å². The van der Waals surface area contributed by atoms with E-state index < -0.39 is 23.5 Å². The van der Waals surface area contributed by atoms with Crippen LogP contribution in [0.15, 0.2) is 91.4 Å². The molecule has 2 aromatic heterocycles. The second-order valence-electron chi connectivity index (χ2n) is 9.49. The number of fused-ring (bicyclic) bond motifs is 1. The van der Waals surface area contributed by atoms with Crippen LogP contribution in [0.3, 0.4) is 0 Å². The fourth-order valence-corrected chi connectivity index (χ4v) is 4.52. The van der Waals surface area contributed by atoms with Crippen molar-refractivity contribution in [2.24, 2.45) is 0 Å². The van der Waals surface area contributed by atoms with E-state index in [4.69, 9.17) is 4.74 Å². The molecule has 0 aliphatic heterocycles. The number of hydrogen-bond acceptors (Lipinski definition) is 5. The molecule has 0 bridgehead atoms. The normalized spacial score (nSPS) is 12.0. The predicted octanol–water partition coefficient (Wildman–Crippen LogP) is 8.62. The van der Waals surface area contributed by atoms with Gasteiger partial charge in [-0.1, -0.05) is 36.4 Å². The molecule has 0 fully saturated rings. The Kier molecular flexibility index (Phi) is 8.39. The predicted molar refractivity (Wildman–Crippen MR) is 147 cm³/mol. The van der Waals surface area contributed by atoms with Crippen molar-refractivity contribution in [1.29, 1.82) is 0 Å². The third-order valence-electron chi connectivity index (χ3n) is 6.56. The maximum Gasteiger partial charge on any atom is 0.418 e. The Morgan fingerprint density at radius 1 is 0.762 bits per heavy atom. The first-order chi connectivity index (χ1) is 20.1. The SMILES string of the molecule is FC(F)(F)c1ccc(Nc2ncnc3cc(-c4ncccc4C(F)(F)F)ccc23)c(CCCOCc2ccccc2)c1. The number of halogens is 6. The first kappa shape index (κ1) is 29.0. The Labute approximate surface area is 237 Å². The molecule has 0 saturated heterocycles. The van der Waals surface area contributed by atoms with Crippen LogP contribution in [0.1, 0.15) is 28.7 Å². The molecule has 0 saturated carbocycles. The number of nitrogens with zero attached hydrogens (tertiary/aromatic N) is 3. The van der Waals surface area contributed by atoms with Crippen LogP contribution in [-0.4, -0.2) is 21.6 Å². The topological polar surface area (TPSA) is 59.9 Å². The molecule has 0 radical (unpaired) electrons. The maximum atomic E-state index is 13.5. The lowest BCUT2D eigenvalue weighted by atomic mass is 10.0. The van der Waals surface area contributed by atoms with Crippen LogP contribution in [0.5, 0.6) is 0 Å². The van der Waals surface area contributed by atoms with E-state index in [1.54, 1.807) is 6.07 Å². The van der Waals surface area contributed by atoms with Crippen LogP contribution >= 0.6 is 0 Å². The summed E-state index contributed by atoms with van der Waals surface area (Å²) in [6.45, 7) is 0.740. The zero-order valence-corrected chi connectivity index (χ0v) is 22.0. The van der Waals surface area contributed by atoms with Gasteiger partial charge in [-0.15, -0.1) is 0 Å². The molecule has 0 aliphatic rings. The zero-order valence-electron chi connectivity index (χ0n) is 22.0. The van der Waals surface area contributed by atoms with Crippen LogP contribution in [0, 0.1) is 0 Å². The molecule has 0 atom stereocenters. The van der Waals surface area contributed by atoms with Crippen molar-refractivity contribution in [3.05, 3.63) is 114 Å². The summed E-state index contributed by atoms with van der Waals surface area (Å²) in [5.74, 6) is 0.296. The number of alkyl halides is 6. The highest BCUT2D eigenvalue weighted by Gasteiger charge is 2.34. The third kappa shape index (κ3) is 6.85. The number of ether oxygens (including phenoxy) is 1. The van der Waals surface area contributed by atoms with Gasteiger partial charge in [-0.2, -0.15) is 26.3 Å². The van der Waals surface area contributed by atoms with Gasteiger partial charge in [0.25, 0.3) is 0 Å². The summed E-state index contributed by atoms with van der Waals surface area (Å²) in [6.07, 6.45) is -5.83. The monoisotopic (exact) mass is 582 g/mol. The van der Waals surface area contributed by atoms with Crippen LogP contribution in [-0.2, 0) is 30.1 Å². The molecule has 0 amide bonds. The van der Waals surface area contributed by atoms with Crippen molar-refractivity contribution in [3.8, 4) is 11.3 Å². The number of rotatable bonds is 9. The van der Waals surface area contributed by atoms with Crippen LogP contribution in [0.25, 0.3) is 22.2 Å². The van der Waals surface area contributed by atoms with Gasteiger partial charge in [0.15, 0.2) is 0 Å². The summed E-state index contributed by atoms with van der Waals surface area (Å²) >= 11 is 0. The molecule has 5 nitrogen and oxygen atoms in total. The van der Waals surface area contributed by atoms with Crippen LogP contribution in [0.2, 0.25) is 0 Å². The Bertz CT molecular complexity index is 1670. The highest BCUT2D eigenvalue weighted by molar-refractivity contribution is 5.93. The molecule has 5 aromatic rings. The maximum absolute atomic E-state index is 13.5. The Balaban J connectivity index is 1.39. The number of nitrogens with one attached hydrogen (secondary N) is 1. The van der Waals surface area contributed by atoms with Crippen molar-refractivity contribution >= 4 is 22.4 Å². The van der Waals surface area contributed by atoms with Gasteiger partial charge >= 0.3 is 12.4 Å². The second kappa shape index (κ2) is 12.2. The van der Waals surface area contributed by atoms with Gasteiger partial charge < -0.3 is 10.1 Å². The molecule has 3 aromatic carbocycles. The van der Waals surface area contributed by atoms with E-state index in [9.17, 15) is 26.3 Å². The summed E-state index contributed by atoms with van der Waals surface area (Å²) in [7, 11) is 0. The van der Waals surface area contributed by atoms with Crippen LogP contribution < -0.4 is 5.32 Å². The largest absolute Gasteiger partial charge is 0.418 e. The Morgan fingerprint density at radius 2 is 1.57 bits per heavy atom. The minimum Gasteiger partial charge on any atom is -0.377 e. The molecular weight excluding hydrogens is 558 g/mol. The van der Waals surface area contributed by atoms with Gasteiger partial charge in [0, 0.05) is 29.4 Å². The molecular formula is C31H24F6N4O. The number of hydrogen-bond donors (Lipinski definition) is 1. The van der Waals surface area contributed by atoms with E-state index in [0.29, 0.717) is 54.0 Å². The van der Waals surface area contributed by atoms with E-state index in [1.165, 1.54) is 36.8 Å². The van der Waals surface area contributed by atoms with Crippen molar-refractivity contribution in [2.75, 3.05) is 11.9 Å². The number of aromatic nitrogens is 3. The molecule has 216 valence electrons. The first-order valence-electron chi connectivity index (χ1n) is 13.0. The van der Waals surface area contributed by atoms with E-state index in [0.717, 1.165) is 23.8 Å². The van der Waals surface area contributed by atoms with E-state index in [2.05, 4.69) is 20.3 Å². The van der Waals surface area contributed by atoms with Crippen LogP contribution in [0.4, 0.5) is 37.8 Å². The molecule has 1 N–H and O–H groups in total. The smallest absolute Gasteiger partial charge is 0.377 e. The van der Waals surface area contributed by atoms with Gasteiger partial charge in [-0.3, -0.25) is 4.98 Å². The quantitative estimate of drug-likeness (QED) is 0.139. The summed E-state index contributed by atoms with van der Waals surface area (Å²) in [6, 6.07) is 19.7. The second-order valence-corrected chi connectivity index (χ2v) is 9.49. The number of aryl methyl sites for hydroxylation is 1. The third-order valence-corrected chi connectivity index (χ3v) is 6.56. The van der Waals surface area contributed by atoms with E-state index in [1.807, 2.05) is 30.3 Å². The molecule has 42 heavy (non-hydrogen) atoms. The Morgan fingerprint density at radius 3 is 2.33 bits per heavy atom. The number of anilines is 2. The van der Waals surface area contributed by atoms with Crippen molar-refractivity contribution in [2.45, 2.75) is 31.8 Å². The fourth-order valence-electron chi connectivity index (χ4n) is 4.52. The molecule has 0 unspecified atom stereocenters. The minimum atomic E-state index is -4.59. The van der Waals surface area contributed by atoms with E-state index in [-0.39, 0.29) is 11.3 Å². The highest BCUT2D eigenvalue weighted by atomic mass is 19.4. The Hall–Kier alpha value is -4.51. The molecule has 2 heterocycles. The van der Waals surface area contributed by atoms with E-state index >= 15 is 0 Å². The number of benzene rings is 3. The number of pyridine rings is 1. The summed E-state index contributed by atoms with van der Waals surface area (Å²) < 4.78 is 86.9. The summed E-state index contributed by atoms with van der Waals surface area (Å²) in [5, 5.41) is 3.58. The van der Waals surface area contributed by atoms with Gasteiger partial charge in [0.05, 0.1) is 28.9 Å². The minimum absolute atomic E-state index is 0.214.